The zero-order valence-corrected chi connectivity index (χ0v) is 17.1. The predicted molar refractivity (Wildman–Crippen MR) is 108 cm³/mol. The Kier molecular flexibility index (Phi) is 6.02. The lowest BCUT2D eigenvalue weighted by Gasteiger charge is -2.32. The van der Waals surface area contributed by atoms with Crippen LogP contribution in [0.1, 0.15) is 28.8 Å². The van der Waals surface area contributed by atoms with Gasteiger partial charge in [-0.2, -0.15) is 0 Å². The monoisotopic (exact) mass is 418 g/mol. The SMILES string of the molecule is Cc1ccc(S(C)(=O)=O)cc1NC(=O)C1CCCN(C(=O)c2ccc(F)cc2)C1. The van der Waals surface area contributed by atoms with Crippen LogP contribution >= 0.6 is 0 Å². The highest BCUT2D eigenvalue weighted by atomic mass is 32.2. The highest BCUT2D eigenvalue weighted by Gasteiger charge is 2.29. The third-order valence-corrected chi connectivity index (χ3v) is 6.18. The van der Waals surface area contributed by atoms with Gasteiger partial charge in [0.1, 0.15) is 5.82 Å². The normalized spacial score (nSPS) is 17.1. The molecule has 1 N–H and O–H groups in total. The van der Waals surface area contributed by atoms with E-state index in [1.165, 1.54) is 36.4 Å². The zero-order valence-electron chi connectivity index (χ0n) is 16.3. The molecule has 1 aliphatic rings. The first-order chi connectivity index (χ1) is 13.6. The van der Waals surface area contributed by atoms with Gasteiger partial charge >= 0.3 is 0 Å². The Morgan fingerprint density at radius 3 is 2.48 bits per heavy atom. The molecule has 1 heterocycles. The maximum Gasteiger partial charge on any atom is 0.253 e. The molecule has 0 saturated carbocycles. The standard InChI is InChI=1S/C21H23FN2O4S/c1-14-5-10-18(29(2,27)28)12-19(14)23-20(25)16-4-3-11-24(13-16)21(26)15-6-8-17(22)9-7-15/h5-10,12,16H,3-4,11,13H2,1-2H3,(H,23,25). The maximum atomic E-state index is 13.1. The third-order valence-electron chi connectivity index (χ3n) is 5.07. The third kappa shape index (κ3) is 5.00. The van der Waals surface area contributed by atoms with Gasteiger partial charge in [-0.25, -0.2) is 12.8 Å². The molecule has 1 unspecified atom stereocenters. The van der Waals surface area contributed by atoms with E-state index in [-0.39, 0.29) is 23.3 Å². The van der Waals surface area contributed by atoms with Gasteiger partial charge in [-0.1, -0.05) is 6.07 Å². The fraction of sp³-hybridized carbons (Fsp3) is 0.333. The molecule has 6 nitrogen and oxygen atoms in total. The zero-order chi connectivity index (χ0) is 21.2. The first kappa shape index (κ1) is 21.0. The van der Waals surface area contributed by atoms with Crippen molar-refractivity contribution in [2.75, 3.05) is 24.7 Å². The molecule has 8 heteroatoms. The Balaban J connectivity index is 1.72. The molecular formula is C21H23FN2O4S. The van der Waals surface area contributed by atoms with Crippen molar-refractivity contribution >= 4 is 27.3 Å². The van der Waals surface area contributed by atoms with Gasteiger partial charge in [0.05, 0.1) is 10.8 Å². The van der Waals surface area contributed by atoms with E-state index in [1.54, 1.807) is 17.9 Å². The fourth-order valence-corrected chi connectivity index (χ4v) is 4.00. The minimum atomic E-state index is -3.39. The van der Waals surface area contributed by atoms with Gasteiger partial charge in [-0.3, -0.25) is 9.59 Å². The molecule has 0 aromatic heterocycles. The van der Waals surface area contributed by atoms with E-state index in [4.69, 9.17) is 0 Å². The Morgan fingerprint density at radius 2 is 1.83 bits per heavy atom. The lowest BCUT2D eigenvalue weighted by Crippen LogP contribution is -2.43. The molecule has 2 aromatic carbocycles. The van der Waals surface area contributed by atoms with E-state index >= 15 is 0 Å². The number of piperidine rings is 1. The topological polar surface area (TPSA) is 83.6 Å². The number of halogens is 1. The molecule has 1 atom stereocenters. The van der Waals surface area contributed by atoms with Crippen molar-refractivity contribution in [2.45, 2.75) is 24.7 Å². The van der Waals surface area contributed by atoms with Crippen LogP contribution in [0.3, 0.4) is 0 Å². The van der Waals surface area contributed by atoms with Crippen LogP contribution in [0.5, 0.6) is 0 Å². The summed E-state index contributed by atoms with van der Waals surface area (Å²) in [5.41, 5.74) is 1.57. The van der Waals surface area contributed by atoms with Crippen molar-refractivity contribution in [1.82, 2.24) is 4.90 Å². The minimum Gasteiger partial charge on any atom is -0.338 e. The van der Waals surface area contributed by atoms with Crippen LogP contribution in [-0.4, -0.2) is 44.5 Å². The number of benzene rings is 2. The summed E-state index contributed by atoms with van der Waals surface area (Å²) in [6, 6.07) is 9.94. The molecule has 2 aromatic rings. The Labute approximate surface area is 169 Å². The predicted octanol–water partition coefficient (Wildman–Crippen LogP) is 3.03. The quantitative estimate of drug-likeness (QED) is 0.827. The van der Waals surface area contributed by atoms with Gasteiger partial charge < -0.3 is 10.2 Å². The van der Waals surface area contributed by atoms with E-state index in [2.05, 4.69) is 5.32 Å². The maximum absolute atomic E-state index is 13.1. The molecule has 0 bridgehead atoms. The van der Waals surface area contributed by atoms with Gasteiger partial charge in [0.25, 0.3) is 5.91 Å². The number of hydrogen-bond acceptors (Lipinski definition) is 4. The molecule has 2 amide bonds. The van der Waals surface area contributed by atoms with Gasteiger partial charge in [0, 0.05) is 30.6 Å². The number of sulfone groups is 1. The molecule has 154 valence electrons. The number of likely N-dealkylation sites (tertiary alicyclic amines) is 1. The smallest absolute Gasteiger partial charge is 0.253 e. The number of hydrogen-bond donors (Lipinski definition) is 1. The average molecular weight is 418 g/mol. The van der Waals surface area contributed by atoms with Crippen molar-refractivity contribution < 1.29 is 22.4 Å². The first-order valence-electron chi connectivity index (χ1n) is 9.31. The van der Waals surface area contributed by atoms with E-state index in [1.807, 2.05) is 0 Å². The molecule has 0 spiro atoms. The van der Waals surface area contributed by atoms with Crippen LogP contribution < -0.4 is 5.32 Å². The van der Waals surface area contributed by atoms with Crippen LogP contribution in [-0.2, 0) is 14.6 Å². The largest absolute Gasteiger partial charge is 0.338 e. The van der Waals surface area contributed by atoms with Crippen molar-refractivity contribution in [1.29, 1.82) is 0 Å². The number of amides is 2. The van der Waals surface area contributed by atoms with E-state index < -0.39 is 21.6 Å². The molecule has 29 heavy (non-hydrogen) atoms. The van der Waals surface area contributed by atoms with E-state index in [0.717, 1.165) is 11.8 Å². The lowest BCUT2D eigenvalue weighted by molar-refractivity contribution is -0.121. The van der Waals surface area contributed by atoms with E-state index in [0.29, 0.717) is 30.6 Å². The summed E-state index contributed by atoms with van der Waals surface area (Å²) in [7, 11) is -3.39. The molecule has 1 saturated heterocycles. The number of carbonyl (C=O) groups is 2. The number of aryl methyl sites for hydroxylation is 1. The van der Waals surface area contributed by atoms with Gasteiger partial charge in [0.15, 0.2) is 9.84 Å². The first-order valence-corrected chi connectivity index (χ1v) is 11.2. The Morgan fingerprint density at radius 1 is 1.14 bits per heavy atom. The second-order valence-electron chi connectivity index (χ2n) is 7.34. The highest BCUT2D eigenvalue weighted by Crippen LogP contribution is 2.24. The number of rotatable bonds is 4. The minimum absolute atomic E-state index is 0.134. The van der Waals surface area contributed by atoms with Gasteiger partial charge in [-0.05, 0) is 61.7 Å². The Bertz CT molecular complexity index is 1040. The van der Waals surface area contributed by atoms with Crippen LogP contribution in [0.15, 0.2) is 47.4 Å². The summed E-state index contributed by atoms with van der Waals surface area (Å²) in [6.07, 6.45) is 2.42. The number of nitrogens with zero attached hydrogens (tertiary/aromatic N) is 1. The molecule has 3 rings (SSSR count). The lowest BCUT2D eigenvalue weighted by atomic mass is 9.96. The highest BCUT2D eigenvalue weighted by molar-refractivity contribution is 7.90. The second-order valence-corrected chi connectivity index (χ2v) is 9.35. The van der Waals surface area contributed by atoms with Crippen LogP contribution in [0.4, 0.5) is 10.1 Å². The van der Waals surface area contributed by atoms with Crippen LogP contribution in [0.2, 0.25) is 0 Å². The van der Waals surface area contributed by atoms with Gasteiger partial charge in [0.2, 0.25) is 5.91 Å². The summed E-state index contributed by atoms with van der Waals surface area (Å²) in [6.45, 7) is 2.57. The number of anilines is 1. The Hall–Kier alpha value is -2.74. The van der Waals surface area contributed by atoms with Gasteiger partial charge in [-0.15, -0.1) is 0 Å². The number of nitrogens with one attached hydrogen (secondary N) is 1. The summed E-state index contributed by atoms with van der Waals surface area (Å²) in [5.74, 6) is -1.31. The van der Waals surface area contributed by atoms with Crippen LogP contribution in [0.25, 0.3) is 0 Å². The molecule has 1 aliphatic heterocycles. The number of carbonyl (C=O) groups excluding carboxylic acids is 2. The van der Waals surface area contributed by atoms with Crippen molar-refractivity contribution in [3.05, 3.63) is 59.4 Å². The fourth-order valence-electron chi connectivity index (χ4n) is 3.35. The summed E-state index contributed by atoms with van der Waals surface area (Å²) in [5, 5.41) is 2.81. The molecule has 0 radical (unpaired) electrons. The molecule has 1 fully saturated rings. The summed E-state index contributed by atoms with van der Waals surface area (Å²) < 4.78 is 36.6. The molecular weight excluding hydrogens is 395 g/mol. The summed E-state index contributed by atoms with van der Waals surface area (Å²) >= 11 is 0. The molecule has 0 aliphatic carbocycles. The van der Waals surface area contributed by atoms with Crippen molar-refractivity contribution in [2.24, 2.45) is 5.92 Å². The second kappa shape index (κ2) is 8.32. The average Bonchev–Trinajstić information content (AvgIpc) is 2.69. The summed E-state index contributed by atoms with van der Waals surface area (Å²) in [4.78, 5) is 27.2. The van der Waals surface area contributed by atoms with Crippen LogP contribution in [0, 0.1) is 18.7 Å². The van der Waals surface area contributed by atoms with Crippen molar-refractivity contribution in [3.63, 3.8) is 0 Å². The van der Waals surface area contributed by atoms with E-state index in [9.17, 15) is 22.4 Å². The van der Waals surface area contributed by atoms with Crippen molar-refractivity contribution in [3.8, 4) is 0 Å².